The second kappa shape index (κ2) is 6.92. The minimum absolute atomic E-state index is 0. The Hall–Kier alpha value is 0.544. The summed E-state index contributed by atoms with van der Waals surface area (Å²) in [6.07, 6.45) is 2.32. The van der Waals surface area contributed by atoms with Gasteiger partial charge in [-0.15, -0.1) is 0 Å². The molecule has 4 heteroatoms. The van der Waals surface area contributed by atoms with E-state index in [0.29, 0.717) is 4.22 Å². The van der Waals surface area contributed by atoms with Crippen LogP contribution in [0.25, 0.3) is 5.57 Å². The maximum Gasteiger partial charge on any atom is -1.00 e. The van der Waals surface area contributed by atoms with E-state index >= 15 is 0 Å². The fourth-order valence-corrected chi connectivity index (χ4v) is 2.34. The number of benzene rings is 1. The average Bonchev–Trinajstić information content (AvgIpc) is 2.30. The Morgan fingerprint density at radius 2 is 1.64 bits per heavy atom. The summed E-state index contributed by atoms with van der Waals surface area (Å²) < 4.78 is 0.617. The first-order chi connectivity index (χ1) is 5.29. The van der Waals surface area contributed by atoms with Gasteiger partial charge in [0.25, 0.3) is 0 Å². The van der Waals surface area contributed by atoms with Gasteiger partial charge >= 0.3 is 78.6 Å². The molecule has 2 rings (SSSR count). The van der Waals surface area contributed by atoms with Crippen LogP contribution < -0.4 is 37.2 Å². The van der Waals surface area contributed by atoms with Gasteiger partial charge in [0.2, 0.25) is 0 Å². The quantitative estimate of drug-likeness (QED) is 0.416. The van der Waals surface area contributed by atoms with Crippen molar-refractivity contribution in [1.29, 1.82) is 0 Å². The third kappa shape index (κ3) is 3.02. The summed E-state index contributed by atoms with van der Waals surface area (Å²) in [6, 6.07) is 8.63. The summed E-state index contributed by atoms with van der Waals surface area (Å²) in [5, 5.41) is 0. The summed E-state index contributed by atoms with van der Waals surface area (Å²) in [7, 11) is 0. The van der Waals surface area contributed by atoms with Crippen molar-refractivity contribution in [3.63, 3.8) is 0 Å². The predicted molar refractivity (Wildman–Crippen MR) is 42.8 cm³/mol. The van der Waals surface area contributed by atoms with Gasteiger partial charge < -0.3 is 37.2 Å². The van der Waals surface area contributed by atoms with Gasteiger partial charge in [-0.05, 0) is 0 Å². The zero-order chi connectivity index (χ0) is 7.84. The third-order valence-electron chi connectivity index (χ3n) is 2.14. The van der Waals surface area contributed by atoms with Crippen molar-refractivity contribution in [2.45, 2.75) is 11.1 Å². The Bertz CT molecular complexity index is 323. The molecule has 0 aromatic heterocycles. The Kier molecular flexibility index (Phi) is 8.39. The summed E-state index contributed by atoms with van der Waals surface area (Å²) in [5.41, 5.74) is 4.33. The van der Waals surface area contributed by atoms with Crippen molar-refractivity contribution in [2.75, 3.05) is 0 Å². The third-order valence-corrected chi connectivity index (χ3v) is 2.88. The van der Waals surface area contributed by atoms with Crippen molar-refractivity contribution in [1.82, 2.24) is 0 Å². The van der Waals surface area contributed by atoms with Crippen LogP contribution in [0.4, 0.5) is 0 Å². The second-order valence-electron chi connectivity index (χ2n) is 2.91. The van der Waals surface area contributed by atoms with Gasteiger partial charge in [-0.25, -0.2) is 0 Å². The number of fused-ring (bicyclic) bond motifs is 1. The smallest absolute Gasteiger partial charge is 1.00 e. The van der Waals surface area contributed by atoms with E-state index in [1.54, 1.807) is 0 Å². The molecule has 0 nitrogen and oxygen atoms in total. The standard InChI is InChI=1S/C10H9.3ClH.Ti/c1-8-6-7-9-4-2-3-5-10(8)9;;;;/h2-7H,1H3;3*1H;/q;;;;+3/p-3. The van der Waals surface area contributed by atoms with Crippen molar-refractivity contribution in [3.05, 3.63) is 41.5 Å². The molecule has 0 bridgehead atoms. The molecule has 0 heterocycles. The average molecular weight is 283 g/mol. The van der Waals surface area contributed by atoms with E-state index in [1.165, 1.54) is 16.7 Å². The fraction of sp³-hybridized carbons (Fsp3) is 0.200. The van der Waals surface area contributed by atoms with Gasteiger partial charge in [0.15, 0.2) is 0 Å². The zero-order valence-electron chi connectivity index (χ0n) is 7.60. The molecular formula is C10H9Cl3Ti. The second-order valence-corrected chi connectivity index (χ2v) is 3.89. The minimum Gasteiger partial charge on any atom is -1.00 e. The van der Waals surface area contributed by atoms with Gasteiger partial charge in [-0.2, -0.15) is 0 Å². The van der Waals surface area contributed by atoms with E-state index in [2.05, 4.69) is 57.7 Å². The largest absolute Gasteiger partial charge is 1.00 e. The van der Waals surface area contributed by atoms with Gasteiger partial charge in [0.1, 0.15) is 0 Å². The van der Waals surface area contributed by atoms with E-state index in [9.17, 15) is 0 Å². The molecule has 0 aliphatic heterocycles. The van der Waals surface area contributed by atoms with Crippen LogP contribution in [0.15, 0.2) is 30.3 Å². The molecule has 1 unspecified atom stereocenters. The Balaban J connectivity index is 0. The summed E-state index contributed by atoms with van der Waals surface area (Å²) in [6.45, 7) is 2.18. The van der Waals surface area contributed by atoms with Crippen LogP contribution in [-0.4, -0.2) is 0 Å². The van der Waals surface area contributed by atoms with E-state index in [4.69, 9.17) is 0 Å². The molecule has 0 saturated heterocycles. The van der Waals surface area contributed by atoms with Crippen LogP contribution in [0, 0.1) is 0 Å². The molecule has 74 valence electrons. The SMILES string of the molecule is CC1=C[CH]([Ti+3])c2ccccc21.[Cl-].[Cl-].[Cl-]. The summed E-state index contributed by atoms with van der Waals surface area (Å²) >= 11 is 2.25. The Morgan fingerprint density at radius 3 is 2.21 bits per heavy atom. The molecular weight excluding hydrogens is 274 g/mol. The Morgan fingerprint density at radius 1 is 1.07 bits per heavy atom. The monoisotopic (exact) mass is 282 g/mol. The molecule has 14 heavy (non-hydrogen) atoms. The molecule has 0 spiro atoms. The van der Waals surface area contributed by atoms with Crippen LogP contribution in [0.5, 0.6) is 0 Å². The molecule has 0 radical (unpaired) electrons. The van der Waals surface area contributed by atoms with Gasteiger partial charge in [-0.1, -0.05) is 0 Å². The van der Waals surface area contributed by atoms with Crippen LogP contribution in [0.1, 0.15) is 22.3 Å². The number of rotatable bonds is 0. The molecule has 0 fully saturated rings. The first-order valence-electron chi connectivity index (χ1n) is 3.78. The topological polar surface area (TPSA) is 0 Å². The minimum atomic E-state index is 0. The van der Waals surface area contributed by atoms with Crippen molar-refractivity contribution in [3.8, 4) is 0 Å². The summed E-state index contributed by atoms with van der Waals surface area (Å²) in [4.78, 5) is 0. The van der Waals surface area contributed by atoms with Crippen LogP contribution in [-0.2, 0) is 20.4 Å². The number of halogens is 3. The molecule has 0 saturated carbocycles. The van der Waals surface area contributed by atoms with E-state index in [-0.39, 0.29) is 37.2 Å². The van der Waals surface area contributed by atoms with E-state index < -0.39 is 0 Å². The van der Waals surface area contributed by atoms with Crippen molar-refractivity contribution < 1.29 is 57.7 Å². The fourth-order valence-electron chi connectivity index (χ4n) is 1.56. The molecule has 0 amide bonds. The van der Waals surface area contributed by atoms with Crippen molar-refractivity contribution in [2.24, 2.45) is 0 Å². The van der Waals surface area contributed by atoms with Gasteiger partial charge in [0.05, 0.1) is 0 Å². The number of allylic oxidation sites excluding steroid dienone is 2. The van der Waals surface area contributed by atoms with Gasteiger partial charge in [0, 0.05) is 0 Å². The molecule has 1 aromatic rings. The maximum atomic E-state index is 2.32. The van der Waals surface area contributed by atoms with Crippen LogP contribution in [0.3, 0.4) is 0 Å². The Labute approximate surface area is 115 Å². The molecule has 1 aliphatic rings. The summed E-state index contributed by atoms with van der Waals surface area (Å²) in [5.74, 6) is 0. The van der Waals surface area contributed by atoms with Crippen LogP contribution >= 0.6 is 0 Å². The molecule has 0 N–H and O–H groups in total. The maximum absolute atomic E-state index is 2.32. The number of hydrogen-bond donors (Lipinski definition) is 0. The molecule has 1 aliphatic carbocycles. The normalized spacial score (nSPS) is 16.8. The van der Waals surface area contributed by atoms with Crippen LogP contribution in [0.2, 0.25) is 0 Å². The molecule has 1 aromatic carbocycles. The van der Waals surface area contributed by atoms with E-state index in [1.807, 2.05) is 0 Å². The zero-order valence-corrected chi connectivity index (χ0v) is 11.4. The first-order valence-corrected chi connectivity index (χ1v) is 4.68. The van der Waals surface area contributed by atoms with E-state index in [0.717, 1.165) is 0 Å². The predicted octanol–water partition coefficient (Wildman–Crippen LogP) is -6.30. The van der Waals surface area contributed by atoms with Crippen molar-refractivity contribution >= 4 is 5.57 Å². The number of hydrogen-bond acceptors (Lipinski definition) is 0. The molecule has 1 atom stereocenters. The van der Waals surface area contributed by atoms with Gasteiger partial charge in [-0.3, -0.25) is 0 Å². The first kappa shape index (κ1) is 17.0.